The highest BCUT2D eigenvalue weighted by molar-refractivity contribution is 5.94. The lowest BCUT2D eigenvalue weighted by Crippen LogP contribution is -2.46. The summed E-state index contributed by atoms with van der Waals surface area (Å²) in [6.07, 6.45) is 2.48. The summed E-state index contributed by atoms with van der Waals surface area (Å²) < 4.78 is 0. The van der Waals surface area contributed by atoms with E-state index in [-0.39, 0.29) is 23.1 Å². The van der Waals surface area contributed by atoms with Crippen molar-refractivity contribution in [3.05, 3.63) is 70.1 Å². The zero-order chi connectivity index (χ0) is 13.2. The van der Waals surface area contributed by atoms with Crippen molar-refractivity contribution in [1.29, 1.82) is 0 Å². The van der Waals surface area contributed by atoms with E-state index in [0.29, 0.717) is 6.54 Å². The summed E-state index contributed by atoms with van der Waals surface area (Å²) in [4.78, 5) is 28.3. The Balaban J connectivity index is 1.86. The molecule has 0 bridgehead atoms. The monoisotopic (exact) mass is 254 g/mol. The van der Waals surface area contributed by atoms with Crippen molar-refractivity contribution in [3.8, 4) is 0 Å². The maximum absolute atomic E-state index is 12.3. The number of carbonyl (C=O) groups is 1. The number of nitrogens with zero attached hydrogens (tertiary/aromatic N) is 1. The molecular formula is C15H14N2O2. The molecule has 1 N–H and O–H groups in total. The summed E-state index contributed by atoms with van der Waals surface area (Å²) in [5.74, 6) is -0.193. The first kappa shape index (κ1) is 11.7. The van der Waals surface area contributed by atoms with Gasteiger partial charge in [0.1, 0.15) is 5.56 Å². The van der Waals surface area contributed by atoms with Gasteiger partial charge < -0.3 is 9.88 Å². The molecule has 1 fully saturated rings. The fourth-order valence-corrected chi connectivity index (χ4v) is 2.40. The molecule has 1 saturated heterocycles. The molecule has 1 unspecified atom stereocenters. The normalized spacial score (nSPS) is 17.9. The van der Waals surface area contributed by atoms with E-state index in [1.807, 2.05) is 30.3 Å². The lowest BCUT2D eigenvalue weighted by molar-refractivity contribution is 0.0458. The summed E-state index contributed by atoms with van der Waals surface area (Å²) in [6.45, 7) is 0.701. The molecule has 0 spiro atoms. The molecule has 1 aliphatic heterocycles. The van der Waals surface area contributed by atoms with Crippen LogP contribution in [0.4, 0.5) is 0 Å². The number of nitrogens with one attached hydrogen (secondary N) is 1. The SMILES string of the molecule is O=C(c1ccc[nH]c1=O)N1CCC1c1ccccc1. The topological polar surface area (TPSA) is 53.2 Å². The maximum atomic E-state index is 12.3. The summed E-state index contributed by atoms with van der Waals surface area (Å²) in [5, 5.41) is 0. The molecule has 96 valence electrons. The molecule has 19 heavy (non-hydrogen) atoms. The Morgan fingerprint density at radius 1 is 1.16 bits per heavy atom. The minimum Gasteiger partial charge on any atom is -0.331 e. The standard InChI is InChI=1S/C15H14N2O2/c18-14-12(7-4-9-16-14)15(19)17-10-8-13(17)11-5-2-1-3-6-11/h1-7,9,13H,8,10H2,(H,16,18). The molecule has 1 aromatic carbocycles. The average Bonchev–Trinajstić information content (AvgIpc) is 2.39. The van der Waals surface area contributed by atoms with Gasteiger partial charge in [0.15, 0.2) is 0 Å². The van der Waals surface area contributed by atoms with Gasteiger partial charge in [-0.3, -0.25) is 9.59 Å². The van der Waals surface area contributed by atoms with Gasteiger partial charge in [0, 0.05) is 12.7 Å². The van der Waals surface area contributed by atoms with E-state index in [1.165, 1.54) is 6.20 Å². The van der Waals surface area contributed by atoms with E-state index >= 15 is 0 Å². The molecule has 0 aliphatic carbocycles. The predicted molar refractivity (Wildman–Crippen MR) is 71.9 cm³/mol. The minimum absolute atomic E-state index is 0.0910. The number of likely N-dealkylation sites (tertiary alicyclic amines) is 1. The second-order valence-corrected chi connectivity index (χ2v) is 4.63. The van der Waals surface area contributed by atoms with Crippen molar-refractivity contribution in [2.75, 3.05) is 6.54 Å². The molecule has 3 rings (SSSR count). The van der Waals surface area contributed by atoms with E-state index in [2.05, 4.69) is 4.98 Å². The first-order chi connectivity index (χ1) is 9.27. The van der Waals surface area contributed by atoms with Crippen LogP contribution in [0.3, 0.4) is 0 Å². The molecule has 1 aliphatic rings. The van der Waals surface area contributed by atoms with Gasteiger partial charge in [-0.05, 0) is 24.1 Å². The van der Waals surface area contributed by atoms with Crippen molar-refractivity contribution in [2.24, 2.45) is 0 Å². The number of rotatable bonds is 2. The first-order valence-corrected chi connectivity index (χ1v) is 6.31. The quantitative estimate of drug-likeness (QED) is 0.890. The summed E-state index contributed by atoms with van der Waals surface area (Å²) in [7, 11) is 0. The Labute approximate surface area is 110 Å². The van der Waals surface area contributed by atoms with Gasteiger partial charge in [-0.2, -0.15) is 0 Å². The number of pyridine rings is 1. The highest BCUT2D eigenvalue weighted by Crippen LogP contribution is 2.33. The zero-order valence-electron chi connectivity index (χ0n) is 10.4. The zero-order valence-corrected chi connectivity index (χ0v) is 10.4. The highest BCUT2D eigenvalue weighted by atomic mass is 16.2. The van der Waals surface area contributed by atoms with Crippen LogP contribution in [0.1, 0.15) is 28.4 Å². The molecule has 0 radical (unpaired) electrons. The molecule has 4 heteroatoms. The molecule has 1 atom stereocenters. The van der Waals surface area contributed by atoms with Gasteiger partial charge in [-0.15, -0.1) is 0 Å². The number of hydrogen-bond acceptors (Lipinski definition) is 2. The fourth-order valence-electron chi connectivity index (χ4n) is 2.40. The third kappa shape index (κ3) is 2.05. The largest absolute Gasteiger partial charge is 0.331 e. The summed E-state index contributed by atoms with van der Waals surface area (Å²) in [6, 6.07) is 13.2. The van der Waals surface area contributed by atoms with E-state index in [9.17, 15) is 9.59 Å². The lowest BCUT2D eigenvalue weighted by Gasteiger charge is -2.41. The summed E-state index contributed by atoms with van der Waals surface area (Å²) in [5.41, 5.74) is 1.00. The van der Waals surface area contributed by atoms with Crippen LogP contribution in [0.2, 0.25) is 0 Å². The Kier molecular flexibility index (Phi) is 2.91. The molecule has 2 aromatic rings. The van der Waals surface area contributed by atoms with Crippen LogP contribution in [0, 0.1) is 0 Å². The predicted octanol–water partition coefficient (Wildman–Crippen LogP) is 1.96. The van der Waals surface area contributed by atoms with Gasteiger partial charge in [-0.25, -0.2) is 0 Å². The fraction of sp³-hybridized carbons (Fsp3) is 0.200. The lowest BCUT2D eigenvalue weighted by atomic mass is 9.94. The molecule has 1 aromatic heterocycles. The highest BCUT2D eigenvalue weighted by Gasteiger charge is 2.34. The second-order valence-electron chi connectivity index (χ2n) is 4.63. The number of aromatic amines is 1. The third-order valence-electron chi connectivity index (χ3n) is 3.51. The Hall–Kier alpha value is -2.36. The smallest absolute Gasteiger partial charge is 0.260 e. The van der Waals surface area contributed by atoms with E-state index in [0.717, 1.165) is 12.0 Å². The third-order valence-corrected chi connectivity index (χ3v) is 3.51. The molecule has 1 amide bonds. The molecule has 2 heterocycles. The number of carbonyl (C=O) groups excluding carboxylic acids is 1. The van der Waals surface area contributed by atoms with Gasteiger partial charge in [0.25, 0.3) is 11.5 Å². The van der Waals surface area contributed by atoms with Crippen molar-refractivity contribution in [2.45, 2.75) is 12.5 Å². The van der Waals surface area contributed by atoms with Crippen molar-refractivity contribution in [1.82, 2.24) is 9.88 Å². The number of hydrogen-bond donors (Lipinski definition) is 1. The van der Waals surface area contributed by atoms with Crippen molar-refractivity contribution in [3.63, 3.8) is 0 Å². The van der Waals surface area contributed by atoms with Crippen LogP contribution in [0.25, 0.3) is 0 Å². The Morgan fingerprint density at radius 3 is 2.58 bits per heavy atom. The number of benzene rings is 1. The van der Waals surface area contributed by atoms with Crippen LogP contribution < -0.4 is 5.56 Å². The van der Waals surface area contributed by atoms with Crippen LogP contribution >= 0.6 is 0 Å². The van der Waals surface area contributed by atoms with Gasteiger partial charge in [0.2, 0.25) is 0 Å². The molecular weight excluding hydrogens is 240 g/mol. The van der Waals surface area contributed by atoms with Gasteiger partial charge >= 0.3 is 0 Å². The van der Waals surface area contributed by atoms with Gasteiger partial charge in [-0.1, -0.05) is 30.3 Å². The summed E-state index contributed by atoms with van der Waals surface area (Å²) >= 11 is 0. The van der Waals surface area contributed by atoms with Crippen LogP contribution in [-0.2, 0) is 0 Å². The number of H-pyrrole nitrogens is 1. The minimum atomic E-state index is -0.328. The Bertz CT molecular complexity index is 648. The van der Waals surface area contributed by atoms with Crippen molar-refractivity contribution < 1.29 is 4.79 Å². The van der Waals surface area contributed by atoms with Crippen LogP contribution in [-0.4, -0.2) is 22.3 Å². The van der Waals surface area contributed by atoms with E-state index < -0.39 is 0 Å². The van der Waals surface area contributed by atoms with Crippen LogP contribution in [0.5, 0.6) is 0 Å². The van der Waals surface area contributed by atoms with E-state index in [1.54, 1.807) is 17.0 Å². The average molecular weight is 254 g/mol. The molecule has 0 saturated carbocycles. The van der Waals surface area contributed by atoms with Gasteiger partial charge in [0.05, 0.1) is 6.04 Å². The number of amides is 1. The second kappa shape index (κ2) is 4.72. The Morgan fingerprint density at radius 2 is 1.95 bits per heavy atom. The van der Waals surface area contributed by atoms with Crippen molar-refractivity contribution >= 4 is 5.91 Å². The maximum Gasteiger partial charge on any atom is 0.260 e. The first-order valence-electron chi connectivity index (χ1n) is 6.31. The number of aromatic nitrogens is 1. The van der Waals surface area contributed by atoms with Crippen LogP contribution in [0.15, 0.2) is 53.5 Å². The van der Waals surface area contributed by atoms with E-state index in [4.69, 9.17) is 0 Å². The molecule has 4 nitrogen and oxygen atoms in total.